The number of nitrogens with zero attached hydrogens (tertiary/aromatic N) is 6. The van der Waals surface area contributed by atoms with Crippen LogP contribution in [-0.2, 0) is 37.7 Å². The Labute approximate surface area is 325 Å². The molecule has 2 aromatic heterocycles. The number of fused-ring (bicyclic) bond motifs is 3. The molecule has 0 saturated carbocycles. The minimum Gasteiger partial charge on any atom is -0.508 e. The van der Waals surface area contributed by atoms with Crippen LogP contribution in [0.1, 0.15) is 50.4 Å². The summed E-state index contributed by atoms with van der Waals surface area (Å²) in [5.41, 5.74) is 8.32. The van der Waals surface area contributed by atoms with Crippen molar-refractivity contribution in [3.8, 4) is 17.0 Å². The first-order valence-corrected chi connectivity index (χ1v) is 19.5. The lowest BCUT2D eigenvalue weighted by atomic mass is 9.92. The first-order valence-electron chi connectivity index (χ1n) is 19.1. The molecule has 1 atom stereocenters. The predicted octanol–water partition coefficient (Wildman–Crippen LogP) is 7.61. The van der Waals surface area contributed by atoms with Crippen LogP contribution < -0.4 is 4.90 Å². The predicted molar refractivity (Wildman–Crippen MR) is 214 cm³/mol. The minimum absolute atomic E-state index is 0.0331. The van der Waals surface area contributed by atoms with Gasteiger partial charge in [-0.3, -0.25) is 24.1 Å². The highest BCUT2D eigenvalue weighted by Gasteiger charge is 2.35. The van der Waals surface area contributed by atoms with Gasteiger partial charge in [0.15, 0.2) is 0 Å². The lowest BCUT2D eigenvalue weighted by Crippen LogP contribution is -2.52. The van der Waals surface area contributed by atoms with Gasteiger partial charge < -0.3 is 19.3 Å². The van der Waals surface area contributed by atoms with Crippen molar-refractivity contribution in [1.82, 2.24) is 24.1 Å². The van der Waals surface area contributed by atoms with Crippen LogP contribution >= 0.6 is 11.6 Å². The topological polar surface area (TPSA) is 96.1 Å². The number of carbonyl (C=O) groups excluding carboxylic acids is 2. The summed E-state index contributed by atoms with van der Waals surface area (Å²) >= 11 is 6.74. The Hall–Kier alpha value is -5.42. The van der Waals surface area contributed by atoms with Gasteiger partial charge >= 0.3 is 0 Å². The highest BCUT2D eigenvalue weighted by atomic mass is 35.5. The van der Waals surface area contributed by atoms with Crippen LogP contribution in [0.5, 0.6) is 5.75 Å². The van der Waals surface area contributed by atoms with Gasteiger partial charge in [-0.05, 0) is 97.5 Å². The van der Waals surface area contributed by atoms with E-state index in [1.165, 1.54) is 0 Å². The van der Waals surface area contributed by atoms with E-state index in [1.807, 2.05) is 77.3 Å². The molecule has 55 heavy (non-hydrogen) atoms. The third-order valence-corrected chi connectivity index (χ3v) is 11.8. The molecule has 0 unspecified atom stereocenters. The SMILES string of the molecule is Cn1ncc2cc(N(C(=O)c3cc(-c4ccccc4C(=O)N4Cc5cccc(Cl)c5C[C@H]4CN4CCOCC4)n4c3CCCC4)c3ccc(O)cc3)ccc21. The second-order valence-electron chi connectivity index (χ2n) is 14.8. The molecular formula is C44H43ClN6O4. The molecule has 0 spiro atoms. The summed E-state index contributed by atoms with van der Waals surface area (Å²) in [5.74, 6) is -0.0879. The van der Waals surface area contributed by atoms with Gasteiger partial charge in [-0.1, -0.05) is 41.9 Å². The summed E-state index contributed by atoms with van der Waals surface area (Å²) in [6.07, 6.45) is 5.16. The van der Waals surface area contributed by atoms with E-state index in [4.69, 9.17) is 16.3 Å². The molecule has 280 valence electrons. The van der Waals surface area contributed by atoms with Gasteiger partial charge in [0.05, 0.1) is 36.2 Å². The van der Waals surface area contributed by atoms with E-state index in [9.17, 15) is 5.11 Å². The fourth-order valence-corrected chi connectivity index (χ4v) is 8.92. The number of rotatable bonds is 7. The molecule has 3 aliphatic rings. The first kappa shape index (κ1) is 35.3. The smallest absolute Gasteiger partial charge is 0.264 e. The normalized spacial score (nSPS) is 17.2. The summed E-state index contributed by atoms with van der Waals surface area (Å²) in [4.78, 5) is 36.2. The molecule has 5 heterocycles. The van der Waals surface area contributed by atoms with E-state index in [0.717, 1.165) is 89.4 Å². The highest BCUT2D eigenvalue weighted by Crippen LogP contribution is 2.38. The number of hydrogen-bond acceptors (Lipinski definition) is 6. The first-order chi connectivity index (χ1) is 26.8. The molecule has 1 saturated heterocycles. The van der Waals surface area contributed by atoms with Crippen LogP contribution in [0.4, 0.5) is 11.4 Å². The number of anilines is 2. The van der Waals surface area contributed by atoms with Crippen LogP contribution in [-0.4, -0.2) is 80.0 Å². The zero-order chi connectivity index (χ0) is 37.6. The Morgan fingerprint density at radius 1 is 0.909 bits per heavy atom. The summed E-state index contributed by atoms with van der Waals surface area (Å²) in [6.45, 7) is 4.98. The fourth-order valence-electron chi connectivity index (χ4n) is 8.65. The fraction of sp³-hybridized carbons (Fsp3) is 0.295. The second kappa shape index (κ2) is 14.7. The van der Waals surface area contributed by atoms with E-state index in [-0.39, 0.29) is 23.6 Å². The number of morpholine rings is 1. The summed E-state index contributed by atoms with van der Waals surface area (Å²) in [6, 6.07) is 28.3. The average molecular weight is 755 g/mol. The largest absolute Gasteiger partial charge is 0.508 e. The van der Waals surface area contributed by atoms with Gasteiger partial charge in [0, 0.05) is 84.4 Å². The van der Waals surface area contributed by atoms with Crippen LogP contribution in [0.15, 0.2) is 97.2 Å². The minimum atomic E-state index is -0.176. The summed E-state index contributed by atoms with van der Waals surface area (Å²) in [7, 11) is 1.90. The summed E-state index contributed by atoms with van der Waals surface area (Å²) < 4.78 is 9.70. The molecule has 9 rings (SSSR count). The number of ether oxygens (including phenoxy) is 1. The number of hydrogen-bond donors (Lipinski definition) is 1. The number of benzene rings is 4. The van der Waals surface area contributed by atoms with Crippen molar-refractivity contribution < 1.29 is 19.4 Å². The standard InChI is InChI=1S/C44H43ClN6O4/c1-47-40-17-14-32(23-30(40)26-46-47)51(31-12-15-34(52)16-13-31)44(54)38-25-42(49-18-5-4-11-41(38)49)35-8-2-3-9-36(35)43(53)50-27-29-7-6-10-39(45)37(29)24-33(50)28-48-19-21-55-22-20-48/h2-3,6-10,12-17,23,25-26,33,52H,4-5,11,18-22,24,27-28H2,1H3/t33-/m0/s1. The Balaban J connectivity index is 1.12. The Bertz CT molecular complexity index is 2410. The lowest BCUT2D eigenvalue weighted by molar-refractivity contribution is 0.0193. The quantitative estimate of drug-likeness (QED) is 0.180. The lowest BCUT2D eigenvalue weighted by Gasteiger charge is -2.41. The Kier molecular flexibility index (Phi) is 9.41. The molecule has 2 amide bonds. The van der Waals surface area contributed by atoms with Crippen LogP contribution in [0.2, 0.25) is 5.02 Å². The molecule has 1 N–H and O–H groups in total. The van der Waals surface area contributed by atoms with Gasteiger partial charge in [0.25, 0.3) is 11.8 Å². The number of carbonyl (C=O) groups is 2. The Morgan fingerprint density at radius 3 is 2.55 bits per heavy atom. The number of halogens is 1. The van der Waals surface area contributed by atoms with Crippen molar-refractivity contribution in [3.05, 3.63) is 130 Å². The molecule has 0 bridgehead atoms. The van der Waals surface area contributed by atoms with Crippen molar-refractivity contribution in [2.45, 2.75) is 44.8 Å². The third-order valence-electron chi connectivity index (χ3n) is 11.5. The van der Waals surface area contributed by atoms with Crippen LogP contribution in [0, 0.1) is 0 Å². The monoisotopic (exact) mass is 754 g/mol. The number of aromatic nitrogens is 3. The molecule has 6 aromatic rings. The third kappa shape index (κ3) is 6.58. The molecule has 4 aromatic carbocycles. The number of aryl methyl sites for hydroxylation is 1. The maximum Gasteiger partial charge on any atom is 0.264 e. The average Bonchev–Trinajstić information content (AvgIpc) is 3.79. The number of aromatic hydroxyl groups is 1. The molecule has 0 aliphatic carbocycles. The van der Waals surface area contributed by atoms with Gasteiger partial charge in [0.2, 0.25) is 0 Å². The van der Waals surface area contributed by atoms with E-state index in [2.05, 4.69) is 20.6 Å². The van der Waals surface area contributed by atoms with E-state index in [0.29, 0.717) is 48.7 Å². The van der Waals surface area contributed by atoms with Crippen molar-refractivity contribution in [1.29, 1.82) is 0 Å². The second-order valence-corrected chi connectivity index (χ2v) is 15.2. The van der Waals surface area contributed by atoms with Crippen LogP contribution in [0.3, 0.4) is 0 Å². The molecule has 10 nitrogen and oxygen atoms in total. The van der Waals surface area contributed by atoms with Gasteiger partial charge in [-0.15, -0.1) is 0 Å². The molecular weight excluding hydrogens is 712 g/mol. The van der Waals surface area contributed by atoms with E-state index < -0.39 is 0 Å². The zero-order valence-corrected chi connectivity index (χ0v) is 31.6. The van der Waals surface area contributed by atoms with Crippen LogP contribution in [0.25, 0.3) is 22.2 Å². The number of amides is 2. The number of phenols is 1. The maximum absolute atomic E-state index is 15.1. The maximum atomic E-state index is 15.1. The van der Waals surface area contributed by atoms with Crippen molar-refractivity contribution in [3.63, 3.8) is 0 Å². The summed E-state index contributed by atoms with van der Waals surface area (Å²) in [5, 5.41) is 16.2. The molecule has 3 aliphatic heterocycles. The molecule has 11 heteroatoms. The van der Waals surface area contributed by atoms with Crippen molar-refractivity contribution in [2.24, 2.45) is 7.05 Å². The molecule has 0 radical (unpaired) electrons. The van der Waals surface area contributed by atoms with Crippen molar-refractivity contribution in [2.75, 3.05) is 37.7 Å². The van der Waals surface area contributed by atoms with Gasteiger partial charge in [-0.2, -0.15) is 5.10 Å². The number of phenolic OH excluding ortho intramolecular Hbond substituents is 1. The zero-order valence-electron chi connectivity index (χ0n) is 30.8. The van der Waals surface area contributed by atoms with Gasteiger partial charge in [0.1, 0.15) is 5.75 Å². The highest BCUT2D eigenvalue weighted by molar-refractivity contribution is 6.31. The van der Waals surface area contributed by atoms with E-state index in [1.54, 1.807) is 35.4 Å². The van der Waals surface area contributed by atoms with E-state index >= 15 is 9.59 Å². The Morgan fingerprint density at radius 2 is 1.71 bits per heavy atom. The van der Waals surface area contributed by atoms with Gasteiger partial charge in [-0.25, -0.2) is 0 Å². The molecule has 1 fully saturated rings. The van der Waals surface area contributed by atoms with Crippen molar-refractivity contribution >= 4 is 45.7 Å².